The summed E-state index contributed by atoms with van der Waals surface area (Å²) in [5.74, 6) is 1.24. The minimum absolute atomic E-state index is 0.235. The summed E-state index contributed by atoms with van der Waals surface area (Å²) in [7, 11) is 3.04. The van der Waals surface area contributed by atoms with E-state index >= 15 is 0 Å². The molecule has 0 spiro atoms. The van der Waals surface area contributed by atoms with Crippen molar-refractivity contribution in [1.82, 2.24) is 0 Å². The number of ether oxygens (including phenoxy) is 4. The van der Waals surface area contributed by atoms with E-state index in [1.807, 2.05) is 36.4 Å². The molecule has 0 aromatic heterocycles. The van der Waals surface area contributed by atoms with Crippen molar-refractivity contribution in [2.45, 2.75) is 0 Å². The van der Waals surface area contributed by atoms with Crippen molar-refractivity contribution in [2.24, 2.45) is 0 Å². The van der Waals surface area contributed by atoms with Crippen molar-refractivity contribution in [2.75, 3.05) is 20.8 Å². The Bertz CT molecular complexity index is 1120. The molecule has 0 saturated carbocycles. The van der Waals surface area contributed by atoms with E-state index in [1.54, 1.807) is 49.6 Å². The number of para-hydroxylation sites is 2. The molecule has 156 valence electrons. The predicted octanol–water partition coefficient (Wildman–Crippen LogP) is 4.75. The quantitative estimate of drug-likeness (QED) is 0.229. The van der Waals surface area contributed by atoms with Crippen LogP contribution >= 0.6 is 0 Å². The second kappa shape index (κ2) is 10.5. The first-order chi connectivity index (χ1) is 15.1. The molecule has 0 radical (unpaired) electrons. The van der Waals surface area contributed by atoms with Gasteiger partial charge in [-0.1, -0.05) is 36.4 Å². The second-order valence-electron chi connectivity index (χ2n) is 6.36. The number of carbonyl (C=O) groups is 1. The number of methoxy groups -OCH3 is 2. The highest BCUT2D eigenvalue weighted by Crippen LogP contribution is 2.31. The van der Waals surface area contributed by atoms with Crippen LogP contribution in [0.25, 0.3) is 11.6 Å². The van der Waals surface area contributed by atoms with Gasteiger partial charge in [0, 0.05) is 5.56 Å². The minimum Gasteiger partial charge on any atom is -0.496 e. The first kappa shape index (κ1) is 21.5. The zero-order valence-electron chi connectivity index (χ0n) is 17.2. The molecule has 6 heteroatoms. The lowest BCUT2D eigenvalue weighted by Gasteiger charge is -2.11. The van der Waals surface area contributed by atoms with E-state index in [-0.39, 0.29) is 12.4 Å². The summed E-state index contributed by atoms with van der Waals surface area (Å²) < 4.78 is 21.5. The molecule has 0 amide bonds. The van der Waals surface area contributed by atoms with Gasteiger partial charge in [0.15, 0.2) is 18.1 Å². The third-order valence-corrected chi connectivity index (χ3v) is 4.34. The van der Waals surface area contributed by atoms with Gasteiger partial charge in [0.05, 0.1) is 25.9 Å². The maximum Gasteiger partial charge on any atom is 0.349 e. The number of benzene rings is 3. The van der Waals surface area contributed by atoms with Crippen molar-refractivity contribution in [3.63, 3.8) is 0 Å². The van der Waals surface area contributed by atoms with Gasteiger partial charge < -0.3 is 18.9 Å². The van der Waals surface area contributed by atoms with Crippen molar-refractivity contribution in [3.05, 3.63) is 83.9 Å². The predicted molar refractivity (Wildman–Crippen MR) is 117 cm³/mol. The number of nitrogens with zero attached hydrogens (tertiary/aromatic N) is 1. The molecule has 0 saturated heterocycles. The first-order valence-electron chi connectivity index (χ1n) is 9.46. The Morgan fingerprint density at radius 3 is 2.32 bits per heavy atom. The van der Waals surface area contributed by atoms with Gasteiger partial charge in [0.1, 0.15) is 11.5 Å². The highest BCUT2D eigenvalue weighted by atomic mass is 16.6. The number of rotatable bonds is 8. The minimum atomic E-state index is -0.558. The molecule has 0 aliphatic rings. The van der Waals surface area contributed by atoms with Crippen molar-refractivity contribution in [3.8, 4) is 29.1 Å². The van der Waals surface area contributed by atoms with Crippen molar-refractivity contribution in [1.29, 1.82) is 5.26 Å². The maximum atomic E-state index is 12.1. The number of carbonyl (C=O) groups excluding carboxylic acids is 1. The molecule has 0 atom stereocenters. The summed E-state index contributed by atoms with van der Waals surface area (Å²) in [6.07, 6.45) is 1.71. The van der Waals surface area contributed by atoms with E-state index < -0.39 is 5.97 Å². The fraction of sp³-hybridized carbons (Fsp3) is 0.120. The molecular weight excluding hydrogens is 394 g/mol. The Morgan fingerprint density at radius 2 is 1.61 bits per heavy atom. The first-order valence-corrected chi connectivity index (χ1v) is 9.46. The highest BCUT2D eigenvalue weighted by Gasteiger charge is 2.13. The smallest absolute Gasteiger partial charge is 0.349 e. The molecule has 0 bridgehead atoms. The SMILES string of the molecule is COc1cc(/C=C(/C#N)c2ccccc2OC)ccc1OC(=O)COc1ccccc1. The average Bonchev–Trinajstić information content (AvgIpc) is 2.82. The van der Waals surface area contributed by atoms with Gasteiger partial charge in [-0.05, 0) is 48.0 Å². The van der Waals surface area contributed by atoms with Gasteiger partial charge in [-0.2, -0.15) is 5.26 Å². The Morgan fingerprint density at radius 1 is 0.903 bits per heavy atom. The van der Waals surface area contributed by atoms with Crippen LogP contribution in [0.3, 0.4) is 0 Å². The van der Waals surface area contributed by atoms with E-state index in [0.29, 0.717) is 33.9 Å². The molecule has 0 N–H and O–H groups in total. The molecule has 0 aliphatic heterocycles. The van der Waals surface area contributed by atoms with Gasteiger partial charge >= 0.3 is 5.97 Å². The summed E-state index contributed by atoms with van der Waals surface area (Å²) in [4.78, 5) is 12.1. The molecule has 6 nitrogen and oxygen atoms in total. The van der Waals surface area contributed by atoms with Crippen LogP contribution in [-0.4, -0.2) is 26.8 Å². The molecule has 3 aromatic rings. The second-order valence-corrected chi connectivity index (χ2v) is 6.36. The lowest BCUT2D eigenvalue weighted by atomic mass is 10.0. The lowest BCUT2D eigenvalue weighted by Crippen LogP contribution is -2.18. The van der Waals surface area contributed by atoms with Crippen LogP contribution in [0.5, 0.6) is 23.0 Å². The number of nitriles is 1. The number of esters is 1. The standard InChI is InChI=1S/C25H21NO5/c1-28-22-11-7-6-10-21(22)19(16-26)14-18-12-13-23(24(15-18)29-2)31-25(27)17-30-20-8-4-3-5-9-20/h3-15H,17H2,1-2H3/b19-14-. The molecule has 3 aromatic carbocycles. The summed E-state index contributed by atoms with van der Waals surface area (Å²) >= 11 is 0. The monoisotopic (exact) mass is 415 g/mol. The average molecular weight is 415 g/mol. The van der Waals surface area contributed by atoms with Crippen LogP contribution < -0.4 is 18.9 Å². The van der Waals surface area contributed by atoms with E-state index in [2.05, 4.69) is 6.07 Å². The van der Waals surface area contributed by atoms with Crippen molar-refractivity contribution < 1.29 is 23.7 Å². The summed E-state index contributed by atoms with van der Waals surface area (Å²) in [5.41, 5.74) is 1.82. The molecule has 3 rings (SSSR count). The zero-order valence-corrected chi connectivity index (χ0v) is 17.2. The summed E-state index contributed by atoms with van der Waals surface area (Å²) in [6, 6.07) is 23.5. The van der Waals surface area contributed by atoms with E-state index in [9.17, 15) is 10.1 Å². The van der Waals surface area contributed by atoms with Gasteiger partial charge in [-0.25, -0.2) is 4.79 Å². The van der Waals surface area contributed by atoms with Crippen LogP contribution in [0.15, 0.2) is 72.8 Å². The zero-order chi connectivity index (χ0) is 22.1. The normalized spacial score (nSPS) is 10.7. The molecule has 0 unspecified atom stereocenters. The largest absolute Gasteiger partial charge is 0.496 e. The maximum absolute atomic E-state index is 12.1. The molecule has 0 fully saturated rings. The number of hydrogen-bond acceptors (Lipinski definition) is 6. The van der Waals surface area contributed by atoms with E-state index in [4.69, 9.17) is 18.9 Å². The van der Waals surface area contributed by atoms with Crippen LogP contribution in [0.1, 0.15) is 11.1 Å². The fourth-order valence-corrected chi connectivity index (χ4v) is 2.87. The topological polar surface area (TPSA) is 77.8 Å². The molecule has 31 heavy (non-hydrogen) atoms. The third kappa shape index (κ3) is 5.64. The van der Waals surface area contributed by atoms with Gasteiger partial charge in [0.25, 0.3) is 0 Å². The Kier molecular flexibility index (Phi) is 7.28. The van der Waals surface area contributed by atoms with Gasteiger partial charge in [-0.15, -0.1) is 0 Å². The summed E-state index contributed by atoms with van der Waals surface area (Å²) in [6.45, 7) is -0.235. The number of hydrogen-bond donors (Lipinski definition) is 0. The third-order valence-electron chi connectivity index (χ3n) is 4.34. The fourth-order valence-electron chi connectivity index (χ4n) is 2.87. The molecule has 0 aliphatic carbocycles. The van der Waals surface area contributed by atoms with Crippen LogP contribution in [0, 0.1) is 11.3 Å². The number of allylic oxidation sites excluding steroid dienone is 1. The van der Waals surface area contributed by atoms with Crippen molar-refractivity contribution >= 4 is 17.6 Å². The van der Waals surface area contributed by atoms with Crippen LogP contribution in [0.4, 0.5) is 0 Å². The highest BCUT2D eigenvalue weighted by molar-refractivity contribution is 5.92. The van der Waals surface area contributed by atoms with Crippen LogP contribution in [-0.2, 0) is 4.79 Å². The van der Waals surface area contributed by atoms with E-state index in [1.165, 1.54) is 7.11 Å². The summed E-state index contributed by atoms with van der Waals surface area (Å²) in [5, 5.41) is 9.63. The molecular formula is C25H21NO5. The van der Waals surface area contributed by atoms with Gasteiger partial charge in [-0.3, -0.25) is 0 Å². The Labute approximate surface area is 180 Å². The van der Waals surface area contributed by atoms with Gasteiger partial charge in [0.2, 0.25) is 0 Å². The van der Waals surface area contributed by atoms with Crippen LogP contribution in [0.2, 0.25) is 0 Å². The Balaban J connectivity index is 1.76. The lowest BCUT2D eigenvalue weighted by molar-refractivity contribution is -0.136. The van der Waals surface area contributed by atoms with E-state index in [0.717, 1.165) is 0 Å². The molecule has 0 heterocycles. The Hall–Kier alpha value is -4.24.